The third-order valence-corrected chi connectivity index (χ3v) is 4.78. The first-order valence-electron chi connectivity index (χ1n) is 7.28. The van der Waals surface area contributed by atoms with Gasteiger partial charge in [0, 0.05) is 28.6 Å². The Hall–Kier alpha value is -1.65. The van der Waals surface area contributed by atoms with Gasteiger partial charge in [0.25, 0.3) is 0 Å². The number of nitrogens with zero attached hydrogens (tertiary/aromatic N) is 1. The number of benzene rings is 1. The number of nitrogens with one attached hydrogen (secondary N) is 1. The van der Waals surface area contributed by atoms with Crippen molar-refractivity contribution < 1.29 is 4.79 Å². The van der Waals surface area contributed by atoms with E-state index in [0.717, 1.165) is 27.5 Å². The fourth-order valence-corrected chi connectivity index (χ4v) is 3.36. The first-order chi connectivity index (χ1) is 10.6. The van der Waals surface area contributed by atoms with Gasteiger partial charge in [-0.05, 0) is 43.4 Å². The third kappa shape index (κ3) is 4.18. The topological polar surface area (TPSA) is 42.0 Å². The molecular weight excluding hydrogens is 316 g/mol. The molecule has 1 amide bonds. The van der Waals surface area contributed by atoms with Crippen LogP contribution in [0.5, 0.6) is 0 Å². The summed E-state index contributed by atoms with van der Waals surface area (Å²) in [6, 6.07) is 7.78. The van der Waals surface area contributed by atoms with Gasteiger partial charge in [-0.3, -0.25) is 10.1 Å². The number of thiazole rings is 1. The molecule has 0 spiro atoms. The number of hydrogen-bond donors (Lipinski definition) is 1. The van der Waals surface area contributed by atoms with Crippen molar-refractivity contribution in [2.75, 3.05) is 5.32 Å². The second-order valence-corrected chi connectivity index (χ2v) is 7.14. The number of rotatable bonds is 5. The van der Waals surface area contributed by atoms with E-state index in [2.05, 4.69) is 10.3 Å². The molecule has 0 aliphatic heterocycles. The molecule has 1 aliphatic rings. The van der Waals surface area contributed by atoms with Crippen LogP contribution in [0.15, 0.2) is 42.1 Å². The van der Waals surface area contributed by atoms with E-state index in [-0.39, 0.29) is 5.91 Å². The number of carbonyl (C=O) groups is 1. The Morgan fingerprint density at radius 1 is 1.50 bits per heavy atom. The Balaban J connectivity index is 1.61. The highest BCUT2D eigenvalue weighted by Gasteiger charge is 2.23. The van der Waals surface area contributed by atoms with Crippen LogP contribution in [0.25, 0.3) is 0 Å². The zero-order chi connectivity index (χ0) is 15.5. The molecule has 1 aliphatic carbocycles. The number of halogens is 1. The van der Waals surface area contributed by atoms with Gasteiger partial charge in [-0.15, -0.1) is 11.3 Å². The smallest absolute Gasteiger partial charge is 0.250 e. The van der Waals surface area contributed by atoms with Crippen LogP contribution in [0.2, 0.25) is 5.02 Å². The summed E-state index contributed by atoms with van der Waals surface area (Å²) in [6.45, 7) is 2.02. The van der Waals surface area contributed by atoms with Crippen LogP contribution in [0.1, 0.15) is 30.2 Å². The predicted molar refractivity (Wildman–Crippen MR) is 91.5 cm³/mol. The third-order valence-electron chi connectivity index (χ3n) is 3.63. The van der Waals surface area contributed by atoms with Crippen LogP contribution in [0.3, 0.4) is 0 Å². The summed E-state index contributed by atoms with van der Waals surface area (Å²) in [5.74, 6) is 0.522. The second kappa shape index (κ2) is 6.63. The van der Waals surface area contributed by atoms with Crippen molar-refractivity contribution in [3.63, 3.8) is 0 Å². The van der Waals surface area contributed by atoms with Crippen molar-refractivity contribution in [3.8, 4) is 0 Å². The minimum atomic E-state index is -0.0898. The van der Waals surface area contributed by atoms with Gasteiger partial charge in [-0.2, -0.15) is 0 Å². The SMILES string of the molecule is CC(=CC(=O)Nc1ncc(Cc2cccc(Cl)c2)s1)C1CC1. The van der Waals surface area contributed by atoms with Crippen molar-refractivity contribution in [2.24, 2.45) is 5.92 Å². The average Bonchev–Trinajstić information content (AvgIpc) is 3.22. The van der Waals surface area contributed by atoms with E-state index >= 15 is 0 Å². The Labute approximate surface area is 139 Å². The summed E-state index contributed by atoms with van der Waals surface area (Å²) in [5.41, 5.74) is 2.30. The van der Waals surface area contributed by atoms with Crippen LogP contribution in [0.4, 0.5) is 5.13 Å². The highest BCUT2D eigenvalue weighted by molar-refractivity contribution is 7.15. The number of amides is 1. The molecule has 1 saturated carbocycles. The summed E-state index contributed by atoms with van der Waals surface area (Å²) in [7, 11) is 0. The minimum Gasteiger partial charge on any atom is -0.298 e. The molecule has 114 valence electrons. The first kappa shape index (κ1) is 15.3. The maximum Gasteiger partial charge on any atom is 0.250 e. The van der Waals surface area contributed by atoms with Gasteiger partial charge in [0.2, 0.25) is 5.91 Å². The molecule has 0 radical (unpaired) electrons. The maximum absolute atomic E-state index is 11.9. The highest BCUT2D eigenvalue weighted by Crippen LogP contribution is 2.36. The monoisotopic (exact) mass is 332 g/mol. The lowest BCUT2D eigenvalue weighted by Gasteiger charge is -1.99. The molecule has 5 heteroatoms. The standard InChI is InChI=1S/C17H17ClN2OS/c1-11(13-5-6-13)7-16(21)20-17-19-10-15(22-17)9-12-3-2-4-14(18)8-12/h2-4,7-8,10,13H,5-6,9H2,1H3,(H,19,20,21). The Bertz CT molecular complexity index is 719. The van der Waals surface area contributed by atoms with E-state index in [9.17, 15) is 4.79 Å². The summed E-state index contributed by atoms with van der Waals surface area (Å²) in [4.78, 5) is 17.3. The summed E-state index contributed by atoms with van der Waals surface area (Å²) >= 11 is 7.49. The number of hydrogen-bond acceptors (Lipinski definition) is 3. The van der Waals surface area contributed by atoms with Crippen LogP contribution < -0.4 is 5.32 Å². The van der Waals surface area contributed by atoms with E-state index in [4.69, 9.17) is 11.6 Å². The Morgan fingerprint density at radius 3 is 3.05 bits per heavy atom. The van der Waals surface area contributed by atoms with Gasteiger partial charge in [-0.1, -0.05) is 29.3 Å². The molecule has 2 aromatic rings. The van der Waals surface area contributed by atoms with Gasteiger partial charge < -0.3 is 0 Å². The number of carbonyl (C=O) groups excluding carboxylic acids is 1. The van der Waals surface area contributed by atoms with Gasteiger partial charge >= 0.3 is 0 Å². The lowest BCUT2D eigenvalue weighted by Crippen LogP contribution is -2.08. The molecule has 3 rings (SSSR count). The molecular formula is C17H17ClN2OS. The molecule has 0 saturated heterocycles. The highest BCUT2D eigenvalue weighted by atomic mass is 35.5. The van der Waals surface area contributed by atoms with Crippen LogP contribution >= 0.6 is 22.9 Å². The molecule has 22 heavy (non-hydrogen) atoms. The quantitative estimate of drug-likeness (QED) is 0.807. The second-order valence-electron chi connectivity index (χ2n) is 5.59. The van der Waals surface area contributed by atoms with Gasteiger partial charge in [-0.25, -0.2) is 4.98 Å². The number of allylic oxidation sites excluding steroid dienone is 1. The van der Waals surface area contributed by atoms with Crippen molar-refractivity contribution in [1.82, 2.24) is 4.98 Å². The summed E-state index contributed by atoms with van der Waals surface area (Å²) in [6.07, 6.45) is 6.67. The lowest BCUT2D eigenvalue weighted by molar-refractivity contribution is -0.112. The minimum absolute atomic E-state index is 0.0898. The molecule has 3 nitrogen and oxygen atoms in total. The summed E-state index contributed by atoms with van der Waals surface area (Å²) < 4.78 is 0. The van der Waals surface area contributed by atoms with Gasteiger partial charge in [0.05, 0.1) is 0 Å². The fourth-order valence-electron chi connectivity index (χ4n) is 2.30. The number of aromatic nitrogens is 1. The first-order valence-corrected chi connectivity index (χ1v) is 8.48. The zero-order valence-corrected chi connectivity index (χ0v) is 13.9. The van der Waals surface area contributed by atoms with E-state index in [1.165, 1.54) is 24.2 Å². The fraction of sp³-hybridized carbons (Fsp3) is 0.294. The average molecular weight is 333 g/mol. The molecule has 0 bridgehead atoms. The van der Waals surface area contributed by atoms with E-state index in [1.54, 1.807) is 12.3 Å². The Morgan fingerprint density at radius 2 is 2.32 bits per heavy atom. The lowest BCUT2D eigenvalue weighted by atomic mass is 10.1. The van der Waals surface area contributed by atoms with Crippen molar-refractivity contribution >= 4 is 34.0 Å². The van der Waals surface area contributed by atoms with Crippen molar-refractivity contribution in [1.29, 1.82) is 0 Å². The predicted octanol–water partition coefficient (Wildman–Crippen LogP) is 4.68. The maximum atomic E-state index is 11.9. The van der Waals surface area contributed by atoms with Gasteiger partial charge in [0.1, 0.15) is 0 Å². The molecule has 1 aromatic heterocycles. The number of anilines is 1. The largest absolute Gasteiger partial charge is 0.298 e. The van der Waals surface area contributed by atoms with Crippen LogP contribution in [0, 0.1) is 5.92 Å². The molecule has 1 fully saturated rings. The zero-order valence-electron chi connectivity index (χ0n) is 12.3. The molecule has 1 N–H and O–H groups in total. The van der Waals surface area contributed by atoms with E-state index in [0.29, 0.717) is 11.0 Å². The van der Waals surface area contributed by atoms with E-state index in [1.807, 2.05) is 31.2 Å². The molecule has 1 heterocycles. The van der Waals surface area contributed by atoms with Crippen LogP contribution in [-0.2, 0) is 11.2 Å². The van der Waals surface area contributed by atoms with Crippen molar-refractivity contribution in [2.45, 2.75) is 26.2 Å². The van der Waals surface area contributed by atoms with Gasteiger partial charge in [0.15, 0.2) is 5.13 Å². The molecule has 1 aromatic carbocycles. The Kier molecular flexibility index (Phi) is 4.60. The molecule has 0 unspecified atom stereocenters. The summed E-state index contributed by atoms with van der Waals surface area (Å²) in [5, 5.41) is 4.21. The normalized spacial score (nSPS) is 14.9. The van der Waals surface area contributed by atoms with E-state index < -0.39 is 0 Å². The molecule has 0 atom stereocenters. The van der Waals surface area contributed by atoms with Crippen LogP contribution in [-0.4, -0.2) is 10.9 Å². The van der Waals surface area contributed by atoms with Crippen molar-refractivity contribution in [3.05, 3.63) is 57.6 Å².